The second-order valence-corrected chi connectivity index (χ2v) is 5.79. The number of hydrogen-bond donors (Lipinski definition) is 3. The summed E-state index contributed by atoms with van der Waals surface area (Å²) in [5.74, 6) is 0.663. The van der Waals surface area contributed by atoms with Crippen molar-refractivity contribution in [3.05, 3.63) is 33.8 Å². The highest BCUT2D eigenvalue weighted by Gasteiger charge is 2.09. The van der Waals surface area contributed by atoms with Crippen LogP contribution in [0, 0.1) is 0 Å². The van der Waals surface area contributed by atoms with Gasteiger partial charge in [0.05, 0.1) is 12.6 Å². The summed E-state index contributed by atoms with van der Waals surface area (Å²) in [4.78, 5) is 4.38. The molecular weight excluding hydrogens is 464 g/mol. The topological polar surface area (TPSA) is 65.9 Å². The number of nitrogens with zero attached hydrogens (tertiary/aromatic N) is 1. The van der Waals surface area contributed by atoms with E-state index in [9.17, 15) is 5.11 Å². The Labute approximate surface area is 171 Å². The van der Waals surface area contributed by atoms with Crippen molar-refractivity contribution in [2.24, 2.45) is 4.99 Å². The van der Waals surface area contributed by atoms with Crippen LogP contribution in [-0.2, 0) is 4.74 Å². The molecule has 0 radical (unpaired) electrons. The van der Waals surface area contributed by atoms with E-state index in [0.29, 0.717) is 28.2 Å². The second kappa shape index (κ2) is 13.9. The molecule has 0 heterocycles. The van der Waals surface area contributed by atoms with Crippen molar-refractivity contribution in [1.82, 2.24) is 10.6 Å². The summed E-state index contributed by atoms with van der Waals surface area (Å²) >= 11 is 11.9. The summed E-state index contributed by atoms with van der Waals surface area (Å²) in [6, 6.07) is 5.01. The third-order valence-electron chi connectivity index (χ3n) is 3.00. The minimum Gasteiger partial charge on any atom is -0.386 e. The predicted octanol–water partition coefficient (Wildman–Crippen LogP) is 3.63. The van der Waals surface area contributed by atoms with E-state index in [-0.39, 0.29) is 30.5 Å². The van der Waals surface area contributed by atoms with Gasteiger partial charge in [0.2, 0.25) is 0 Å². The molecule has 1 unspecified atom stereocenters. The molecule has 0 bridgehead atoms. The summed E-state index contributed by atoms with van der Waals surface area (Å²) in [5, 5.41) is 17.6. The zero-order valence-electron chi connectivity index (χ0n) is 14.0. The van der Waals surface area contributed by atoms with Gasteiger partial charge in [0.1, 0.15) is 0 Å². The number of hydrogen-bond acceptors (Lipinski definition) is 3. The largest absolute Gasteiger partial charge is 0.386 e. The Kier molecular flexibility index (Phi) is 13.8. The summed E-state index contributed by atoms with van der Waals surface area (Å²) in [5.41, 5.74) is 0.651. The van der Waals surface area contributed by atoms with E-state index in [4.69, 9.17) is 27.9 Å². The molecule has 0 fully saturated rings. The first-order valence-electron chi connectivity index (χ1n) is 7.80. The molecule has 0 spiro atoms. The molecule has 0 aliphatic heterocycles. The van der Waals surface area contributed by atoms with E-state index in [1.807, 2.05) is 13.8 Å². The van der Waals surface area contributed by atoms with E-state index in [1.165, 1.54) is 0 Å². The molecule has 1 rings (SSSR count). The van der Waals surface area contributed by atoms with Gasteiger partial charge in [0, 0.05) is 36.3 Å². The first kappa shape index (κ1) is 23.7. The molecular formula is C16H26Cl2IN3O2. The van der Waals surface area contributed by atoms with Crippen LogP contribution >= 0.6 is 47.2 Å². The molecule has 1 aromatic carbocycles. The van der Waals surface area contributed by atoms with E-state index in [2.05, 4.69) is 15.6 Å². The maximum absolute atomic E-state index is 10.2. The average molecular weight is 490 g/mol. The van der Waals surface area contributed by atoms with Gasteiger partial charge in [-0.2, -0.15) is 0 Å². The van der Waals surface area contributed by atoms with Gasteiger partial charge in [-0.15, -0.1) is 24.0 Å². The van der Waals surface area contributed by atoms with Gasteiger partial charge in [-0.1, -0.05) is 23.2 Å². The zero-order valence-corrected chi connectivity index (χ0v) is 17.9. The van der Waals surface area contributed by atoms with Gasteiger partial charge in [-0.3, -0.25) is 4.99 Å². The highest BCUT2D eigenvalue weighted by atomic mass is 127. The van der Waals surface area contributed by atoms with Crippen molar-refractivity contribution in [3.63, 3.8) is 0 Å². The maximum atomic E-state index is 10.2. The molecule has 0 amide bonds. The summed E-state index contributed by atoms with van der Waals surface area (Å²) < 4.78 is 5.29. The fourth-order valence-corrected chi connectivity index (χ4v) is 2.46. The summed E-state index contributed by atoms with van der Waals surface area (Å²) in [7, 11) is 0. The number of aliphatic hydroxyl groups is 1. The summed E-state index contributed by atoms with van der Waals surface area (Å²) in [6.45, 7) is 7.13. The van der Waals surface area contributed by atoms with Crippen LogP contribution in [0.5, 0.6) is 0 Å². The smallest absolute Gasteiger partial charge is 0.191 e. The molecule has 24 heavy (non-hydrogen) atoms. The van der Waals surface area contributed by atoms with Crippen LogP contribution < -0.4 is 10.6 Å². The Balaban J connectivity index is 0.00000529. The number of aliphatic imine (C=N–C) groups is 1. The van der Waals surface area contributed by atoms with Crippen molar-refractivity contribution in [2.75, 3.05) is 32.8 Å². The van der Waals surface area contributed by atoms with Crippen LogP contribution in [0.2, 0.25) is 10.0 Å². The zero-order chi connectivity index (χ0) is 17.1. The lowest BCUT2D eigenvalue weighted by atomic mass is 10.1. The van der Waals surface area contributed by atoms with Crippen LogP contribution in [-0.4, -0.2) is 43.9 Å². The highest BCUT2D eigenvalue weighted by molar-refractivity contribution is 14.0. The van der Waals surface area contributed by atoms with Gasteiger partial charge in [-0.25, -0.2) is 0 Å². The van der Waals surface area contributed by atoms with E-state index < -0.39 is 6.10 Å². The van der Waals surface area contributed by atoms with Gasteiger partial charge in [0.25, 0.3) is 0 Å². The number of aliphatic hydroxyl groups excluding tert-OH is 1. The Morgan fingerprint density at radius 1 is 1.21 bits per heavy atom. The SMILES string of the molecule is CCNC(=NCC(O)c1cc(Cl)cc(Cl)c1)NCCCOCC.I. The molecule has 0 aliphatic rings. The van der Waals surface area contributed by atoms with Gasteiger partial charge < -0.3 is 20.5 Å². The molecule has 5 nitrogen and oxygen atoms in total. The Morgan fingerprint density at radius 2 is 1.88 bits per heavy atom. The number of nitrogens with one attached hydrogen (secondary N) is 2. The lowest BCUT2D eigenvalue weighted by Crippen LogP contribution is -2.38. The number of rotatable bonds is 9. The Hall–Kier alpha value is -0.280. The predicted molar refractivity (Wildman–Crippen MR) is 112 cm³/mol. The molecule has 1 atom stereocenters. The minimum absolute atomic E-state index is 0. The van der Waals surface area contributed by atoms with Crippen LogP contribution in [0.3, 0.4) is 0 Å². The molecule has 0 aliphatic carbocycles. The average Bonchev–Trinajstić information content (AvgIpc) is 2.51. The van der Waals surface area contributed by atoms with Crippen LogP contribution in [0.4, 0.5) is 0 Å². The molecule has 8 heteroatoms. The van der Waals surface area contributed by atoms with Crippen molar-refractivity contribution in [1.29, 1.82) is 0 Å². The maximum Gasteiger partial charge on any atom is 0.191 e. The lowest BCUT2D eigenvalue weighted by molar-refractivity contribution is 0.145. The summed E-state index contributed by atoms with van der Waals surface area (Å²) in [6.07, 6.45) is 0.134. The van der Waals surface area contributed by atoms with Gasteiger partial charge in [-0.05, 0) is 44.0 Å². The molecule has 3 N–H and O–H groups in total. The van der Waals surface area contributed by atoms with E-state index in [1.54, 1.807) is 18.2 Å². The Bertz CT molecular complexity index is 484. The third-order valence-corrected chi connectivity index (χ3v) is 3.43. The van der Waals surface area contributed by atoms with Crippen molar-refractivity contribution in [2.45, 2.75) is 26.4 Å². The number of guanidine groups is 1. The number of ether oxygens (including phenoxy) is 1. The van der Waals surface area contributed by atoms with Gasteiger partial charge >= 0.3 is 0 Å². The fourth-order valence-electron chi connectivity index (χ4n) is 1.92. The molecule has 0 aromatic heterocycles. The highest BCUT2D eigenvalue weighted by Crippen LogP contribution is 2.23. The van der Waals surface area contributed by atoms with Crippen molar-refractivity contribution >= 4 is 53.1 Å². The quantitative estimate of drug-likeness (QED) is 0.214. The molecule has 138 valence electrons. The van der Waals surface area contributed by atoms with Crippen LogP contribution in [0.1, 0.15) is 31.9 Å². The normalized spacial score (nSPS) is 12.5. The first-order chi connectivity index (χ1) is 11.1. The minimum atomic E-state index is -0.759. The standard InChI is InChI=1S/C16H25Cl2N3O2.HI/c1-3-19-16(20-6-5-7-23-4-2)21-11-15(22)12-8-13(17)10-14(18)9-12;/h8-10,15,22H,3-7,11H2,1-2H3,(H2,19,20,21);1H. The van der Waals surface area contributed by atoms with Crippen molar-refractivity contribution < 1.29 is 9.84 Å². The first-order valence-corrected chi connectivity index (χ1v) is 8.56. The lowest BCUT2D eigenvalue weighted by Gasteiger charge is -2.13. The third kappa shape index (κ3) is 9.88. The van der Waals surface area contributed by atoms with E-state index in [0.717, 1.165) is 26.1 Å². The van der Waals surface area contributed by atoms with Crippen LogP contribution in [0.15, 0.2) is 23.2 Å². The van der Waals surface area contributed by atoms with Gasteiger partial charge in [0.15, 0.2) is 5.96 Å². The second-order valence-electron chi connectivity index (χ2n) is 4.92. The van der Waals surface area contributed by atoms with Crippen LogP contribution in [0.25, 0.3) is 0 Å². The number of benzene rings is 1. The van der Waals surface area contributed by atoms with Crippen molar-refractivity contribution in [3.8, 4) is 0 Å². The fraction of sp³-hybridized carbons (Fsp3) is 0.562. The monoisotopic (exact) mass is 489 g/mol. The molecule has 1 aromatic rings. The molecule has 0 saturated carbocycles. The number of halogens is 3. The Morgan fingerprint density at radius 3 is 2.46 bits per heavy atom. The molecule has 0 saturated heterocycles. The van der Waals surface area contributed by atoms with E-state index >= 15 is 0 Å².